The Kier molecular flexibility index (Phi) is 4.64. The van der Waals surface area contributed by atoms with Crippen LogP contribution in [0.4, 0.5) is 9.80 Å². The third-order valence-electron chi connectivity index (χ3n) is 3.14. The van der Waals surface area contributed by atoms with Gasteiger partial charge in [-0.1, -0.05) is 6.07 Å². The van der Waals surface area contributed by atoms with Crippen molar-refractivity contribution < 1.29 is 14.7 Å². The van der Waals surface area contributed by atoms with Crippen molar-refractivity contribution in [3.63, 3.8) is 0 Å². The maximum atomic E-state index is 12.0. The van der Waals surface area contributed by atoms with Crippen molar-refractivity contribution in [2.75, 3.05) is 5.32 Å². The molecule has 21 heavy (non-hydrogen) atoms. The molecule has 5 nitrogen and oxygen atoms in total. The molecule has 2 aromatic heterocycles. The lowest BCUT2D eigenvalue weighted by molar-refractivity contribution is 0.0697. The van der Waals surface area contributed by atoms with Crippen LogP contribution in [0.15, 0.2) is 17.5 Å². The summed E-state index contributed by atoms with van der Waals surface area (Å²) in [6.07, 6.45) is 0. The number of carboxylic acids is 1. The van der Waals surface area contributed by atoms with Gasteiger partial charge < -0.3 is 10.4 Å². The van der Waals surface area contributed by atoms with Gasteiger partial charge >= 0.3 is 12.0 Å². The molecule has 1 atom stereocenters. The topological polar surface area (TPSA) is 78.4 Å². The fraction of sp³-hybridized carbons (Fsp3) is 0.286. The second-order valence-electron chi connectivity index (χ2n) is 4.63. The first-order chi connectivity index (χ1) is 9.90. The van der Waals surface area contributed by atoms with Crippen LogP contribution in [0.2, 0.25) is 0 Å². The van der Waals surface area contributed by atoms with E-state index < -0.39 is 12.0 Å². The first-order valence-corrected chi connectivity index (χ1v) is 8.04. The number of thiophene rings is 2. The third kappa shape index (κ3) is 3.43. The zero-order valence-corrected chi connectivity index (χ0v) is 13.5. The summed E-state index contributed by atoms with van der Waals surface area (Å²) in [7, 11) is 0. The Morgan fingerprint density at radius 3 is 2.62 bits per heavy atom. The summed E-state index contributed by atoms with van der Waals surface area (Å²) in [5.41, 5.74) is 0.852. The number of carboxylic acid groups (broad SMARTS) is 1. The van der Waals surface area contributed by atoms with E-state index in [0.717, 1.165) is 9.75 Å². The first-order valence-electron chi connectivity index (χ1n) is 6.34. The predicted molar refractivity (Wildman–Crippen MR) is 85.6 cm³/mol. The second-order valence-corrected chi connectivity index (χ2v) is 6.83. The molecule has 0 saturated carbocycles. The Balaban J connectivity index is 2.10. The molecule has 2 aromatic rings. The molecule has 3 N–H and O–H groups in total. The Morgan fingerprint density at radius 2 is 2.05 bits per heavy atom. The summed E-state index contributed by atoms with van der Waals surface area (Å²) in [5, 5.41) is 17.0. The van der Waals surface area contributed by atoms with Gasteiger partial charge in [0.15, 0.2) is 0 Å². The number of urea groups is 1. The zero-order valence-electron chi connectivity index (χ0n) is 11.9. The number of nitrogens with one attached hydrogen (secondary N) is 2. The van der Waals surface area contributed by atoms with Gasteiger partial charge in [-0.3, -0.25) is 5.32 Å². The van der Waals surface area contributed by atoms with Crippen LogP contribution in [0.5, 0.6) is 0 Å². The number of amides is 2. The van der Waals surface area contributed by atoms with Crippen LogP contribution in [0.1, 0.15) is 38.6 Å². The average Bonchev–Trinajstić information content (AvgIpc) is 2.99. The van der Waals surface area contributed by atoms with Gasteiger partial charge in [0, 0.05) is 9.75 Å². The van der Waals surface area contributed by atoms with Crippen LogP contribution >= 0.6 is 22.7 Å². The van der Waals surface area contributed by atoms with Gasteiger partial charge in [-0.05, 0) is 37.8 Å². The van der Waals surface area contributed by atoms with Crippen molar-refractivity contribution in [3.8, 4) is 0 Å². The maximum Gasteiger partial charge on any atom is 0.338 e. The molecule has 0 fully saturated rings. The summed E-state index contributed by atoms with van der Waals surface area (Å²) in [6.45, 7) is 5.46. The number of aryl methyl sites for hydroxylation is 1. The number of anilines is 1. The molecule has 0 saturated heterocycles. The van der Waals surface area contributed by atoms with Crippen molar-refractivity contribution in [3.05, 3.63) is 38.4 Å². The lowest BCUT2D eigenvalue weighted by Gasteiger charge is -2.12. The number of hydrogen-bond donors (Lipinski definition) is 3. The highest BCUT2D eigenvalue weighted by Gasteiger charge is 2.21. The molecule has 0 radical (unpaired) electrons. The van der Waals surface area contributed by atoms with Gasteiger partial charge in [0.25, 0.3) is 0 Å². The molecule has 0 aliphatic rings. The molecule has 7 heteroatoms. The highest BCUT2D eigenvalue weighted by molar-refractivity contribution is 7.16. The predicted octanol–water partition coefficient (Wildman–Crippen LogP) is 4.01. The molecule has 0 aliphatic carbocycles. The van der Waals surface area contributed by atoms with E-state index in [4.69, 9.17) is 0 Å². The Labute approximate surface area is 130 Å². The van der Waals surface area contributed by atoms with E-state index in [9.17, 15) is 14.7 Å². The molecule has 0 spiro atoms. The van der Waals surface area contributed by atoms with E-state index in [2.05, 4.69) is 10.6 Å². The standard InChI is InChI=1S/C14H16N2O3S2/c1-7-9(3)21-12(11(7)13(17)18)16-14(19)15-8(2)10-5-4-6-20-10/h4-6,8H,1-3H3,(H,17,18)(H2,15,16,19)/t8-/m1/s1. The van der Waals surface area contributed by atoms with Crippen molar-refractivity contribution >= 4 is 39.7 Å². The van der Waals surface area contributed by atoms with Crippen LogP contribution in [0.3, 0.4) is 0 Å². The number of hydrogen-bond acceptors (Lipinski definition) is 4. The molecule has 112 valence electrons. The first kappa shape index (κ1) is 15.5. The van der Waals surface area contributed by atoms with Crippen LogP contribution in [-0.2, 0) is 0 Å². The Morgan fingerprint density at radius 1 is 1.33 bits per heavy atom. The summed E-state index contributed by atoms with van der Waals surface area (Å²) < 4.78 is 0. The fourth-order valence-corrected chi connectivity index (χ4v) is 3.70. The molecule has 0 aromatic carbocycles. The monoisotopic (exact) mass is 324 g/mol. The number of aromatic carboxylic acids is 1. The molecule has 2 rings (SSSR count). The molecular weight excluding hydrogens is 308 g/mol. The maximum absolute atomic E-state index is 12.0. The average molecular weight is 324 g/mol. The normalized spacial score (nSPS) is 12.0. The lowest BCUT2D eigenvalue weighted by atomic mass is 10.1. The Hall–Kier alpha value is -1.86. The smallest absolute Gasteiger partial charge is 0.338 e. The van der Waals surface area contributed by atoms with E-state index in [0.29, 0.717) is 10.6 Å². The SMILES string of the molecule is Cc1sc(NC(=O)N[C@H](C)c2cccs2)c(C(=O)O)c1C. The van der Waals surface area contributed by atoms with E-state index in [1.165, 1.54) is 11.3 Å². The fourth-order valence-electron chi connectivity index (χ4n) is 1.92. The minimum absolute atomic E-state index is 0.125. The van der Waals surface area contributed by atoms with E-state index in [-0.39, 0.29) is 11.6 Å². The molecule has 0 bridgehead atoms. The zero-order chi connectivity index (χ0) is 15.6. The summed E-state index contributed by atoms with van der Waals surface area (Å²) in [6, 6.07) is 3.34. The van der Waals surface area contributed by atoms with Gasteiger partial charge in [0.1, 0.15) is 5.00 Å². The second kappa shape index (κ2) is 6.28. The van der Waals surface area contributed by atoms with E-state index in [1.807, 2.05) is 31.4 Å². The van der Waals surface area contributed by atoms with E-state index in [1.54, 1.807) is 18.3 Å². The molecule has 0 aliphatic heterocycles. The van der Waals surface area contributed by atoms with E-state index >= 15 is 0 Å². The molecule has 2 amide bonds. The third-order valence-corrected chi connectivity index (χ3v) is 5.32. The lowest BCUT2D eigenvalue weighted by Crippen LogP contribution is -2.31. The number of rotatable bonds is 4. The minimum atomic E-state index is -1.03. The van der Waals surface area contributed by atoms with Gasteiger partial charge in [0.2, 0.25) is 0 Å². The molecular formula is C14H16N2O3S2. The van der Waals surface area contributed by atoms with Gasteiger partial charge in [-0.25, -0.2) is 9.59 Å². The van der Waals surface area contributed by atoms with Crippen LogP contribution < -0.4 is 10.6 Å². The van der Waals surface area contributed by atoms with Crippen molar-refractivity contribution in [2.45, 2.75) is 26.8 Å². The van der Waals surface area contributed by atoms with Gasteiger partial charge in [-0.2, -0.15) is 0 Å². The minimum Gasteiger partial charge on any atom is -0.478 e. The van der Waals surface area contributed by atoms with Crippen LogP contribution in [0, 0.1) is 13.8 Å². The van der Waals surface area contributed by atoms with Crippen molar-refractivity contribution in [1.29, 1.82) is 0 Å². The summed E-state index contributed by atoms with van der Waals surface area (Å²) >= 11 is 2.83. The van der Waals surface area contributed by atoms with Gasteiger partial charge in [0.05, 0.1) is 11.6 Å². The molecule has 0 unspecified atom stereocenters. The van der Waals surface area contributed by atoms with Gasteiger partial charge in [-0.15, -0.1) is 22.7 Å². The summed E-state index contributed by atoms with van der Waals surface area (Å²) in [5.74, 6) is -1.03. The molecule has 2 heterocycles. The largest absolute Gasteiger partial charge is 0.478 e. The number of carbonyl (C=O) groups is 2. The summed E-state index contributed by atoms with van der Waals surface area (Å²) in [4.78, 5) is 25.2. The Bertz CT molecular complexity index is 662. The van der Waals surface area contributed by atoms with Crippen LogP contribution in [0.25, 0.3) is 0 Å². The van der Waals surface area contributed by atoms with Crippen molar-refractivity contribution in [1.82, 2.24) is 5.32 Å². The number of carbonyl (C=O) groups excluding carboxylic acids is 1. The van der Waals surface area contributed by atoms with Crippen molar-refractivity contribution in [2.24, 2.45) is 0 Å². The van der Waals surface area contributed by atoms with Crippen LogP contribution in [-0.4, -0.2) is 17.1 Å². The quantitative estimate of drug-likeness (QED) is 0.795. The highest BCUT2D eigenvalue weighted by atomic mass is 32.1. The highest BCUT2D eigenvalue weighted by Crippen LogP contribution is 2.32.